The summed E-state index contributed by atoms with van der Waals surface area (Å²) in [6, 6.07) is 16.7. The number of alkyl halides is 3. The van der Waals surface area contributed by atoms with Gasteiger partial charge in [0.05, 0.1) is 5.69 Å². The molecule has 30 heavy (non-hydrogen) atoms. The van der Waals surface area contributed by atoms with Gasteiger partial charge in [0.25, 0.3) is 0 Å². The molecule has 0 radical (unpaired) electrons. The number of benzene rings is 2. The average Bonchev–Trinajstić information content (AvgIpc) is 2.73. The number of anilines is 2. The summed E-state index contributed by atoms with van der Waals surface area (Å²) in [4.78, 5) is 8.28. The van der Waals surface area contributed by atoms with Gasteiger partial charge in [0.2, 0.25) is 0 Å². The highest BCUT2D eigenvalue weighted by Gasteiger charge is 2.30. The smallest absolute Gasteiger partial charge is 0.406 e. The second kappa shape index (κ2) is 9.55. The highest BCUT2D eigenvalue weighted by atomic mass is 19.4. The third-order valence-corrected chi connectivity index (χ3v) is 3.89. The molecular weight excluding hydrogens is 395 g/mol. The summed E-state index contributed by atoms with van der Waals surface area (Å²) in [7, 11) is 0. The fourth-order valence-corrected chi connectivity index (χ4v) is 2.54. The first-order valence-electron chi connectivity index (χ1n) is 8.86. The van der Waals surface area contributed by atoms with Gasteiger partial charge in [-0.15, -0.1) is 13.2 Å². The van der Waals surface area contributed by atoms with Crippen molar-refractivity contribution in [3.05, 3.63) is 84.4 Å². The molecule has 3 rings (SSSR count). The first-order valence-corrected chi connectivity index (χ1v) is 8.86. The Kier molecular flexibility index (Phi) is 6.63. The standard InChI is InChI=1S/C21H18F3N5O/c22-21(23,24)30-18-8-6-17(7-9-18)29-20-10-19(27-14-28-20)16(11-25)13-26-12-15-4-2-1-3-5-15/h1-11,13-14,25-26H,12H2,(H,27,28,29)/b16-13+,25-11?. The predicted molar refractivity (Wildman–Crippen MR) is 108 cm³/mol. The maximum atomic E-state index is 12.2. The van der Waals surface area contributed by atoms with Crippen LogP contribution in [0, 0.1) is 5.41 Å². The Balaban J connectivity index is 1.67. The Morgan fingerprint density at radius 3 is 2.43 bits per heavy atom. The lowest BCUT2D eigenvalue weighted by molar-refractivity contribution is -0.274. The number of allylic oxidation sites excluding steroid dienone is 1. The topological polar surface area (TPSA) is 82.9 Å². The fourth-order valence-electron chi connectivity index (χ4n) is 2.54. The Labute approximate surface area is 171 Å². The van der Waals surface area contributed by atoms with Gasteiger partial charge in [-0.25, -0.2) is 9.97 Å². The Morgan fingerprint density at radius 2 is 1.77 bits per heavy atom. The highest BCUT2D eigenvalue weighted by Crippen LogP contribution is 2.25. The maximum Gasteiger partial charge on any atom is 0.573 e. The van der Waals surface area contributed by atoms with E-state index in [1.807, 2.05) is 30.3 Å². The molecule has 3 N–H and O–H groups in total. The van der Waals surface area contributed by atoms with Crippen LogP contribution in [0.4, 0.5) is 24.7 Å². The van der Waals surface area contributed by atoms with E-state index in [2.05, 4.69) is 25.3 Å². The second-order valence-corrected chi connectivity index (χ2v) is 6.10. The van der Waals surface area contributed by atoms with Gasteiger partial charge >= 0.3 is 6.36 Å². The molecule has 154 valence electrons. The van der Waals surface area contributed by atoms with Crippen LogP contribution in [0.15, 0.2) is 73.2 Å². The second-order valence-electron chi connectivity index (χ2n) is 6.10. The first kappa shape index (κ1) is 20.8. The SMILES string of the molecule is N=C/C(=C\NCc1ccccc1)c1cc(Nc2ccc(OC(F)(F)F)cc2)ncn1. The van der Waals surface area contributed by atoms with Crippen molar-refractivity contribution in [2.75, 3.05) is 5.32 Å². The summed E-state index contributed by atoms with van der Waals surface area (Å²) >= 11 is 0. The quantitative estimate of drug-likeness (QED) is 0.458. The zero-order chi connectivity index (χ0) is 21.4. The van der Waals surface area contributed by atoms with Gasteiger partial charge < -0.3 is 20.8 Å². The van der Waals surface area contributed by atoms with Crippen LogP contribution in [0.5, 0.6) is 5.75 Å². The molecule has 0 aliphatic carbocycles. The molecule has 2 aromatic carbocycles. The van der Waals surface area contributed by atoms with Gasteiger partial charge in [-0.1, -0.05) is 30.3 Å². The Bertz CT molecular complexity index is 1010. The third-order valence-electron chi connectivity index (χ3n) is 3.89. The van der Waals surface area contributed by atoms with Crippen LogP contribution in [-0.4, -0.2) is 22.5 Å². The fraction of sp³-hybridized carbons (Fsp3) is 0.0952. The number of nitrogens with zero attached hydrogens (tertiary/aromatic N) is 2. The zero-order valence-corrected chi connectivity index (χ0v) is 15.6. The molecule has 0 spiro atoms. The van der Waals surface area contributed by atoms with Crippen molar-refractivity contribution in [2.24, 2.45) is 0 Å². The van der Waals surface area contributed by atoms with Crippen LogP contribution in [-0.2, 0) is 6.54 Å². The van der Waals surface area contributed by atoms with E-state index in [-0.39, 0.29) is 5.75 Å². The Hall–Kier alpha value is -3.88. The molecule has 0 saturated heterocycles. The first-order chi connectivity index (χ1) is 14.4. The lowest BCUT2D eigenvalue weighted by Gasteiger charge is -2.10. The van der Waals surface area contributed by atoms with E-state index in [0.717, 1.165) is 5.56 Å². The van der Waals surface area contributed by atoms with Crippen LogP contribution >= 0.6 is 0 Å². The van der Waals surface area contributed by atoms with Crippen molar-refractivity contribution in [1.82, 2.24) is 15.3 Å². The summed E-state index contributed by atoms with van der Waals surface area (Å²) in [6.07, 6.45) is -0.531. The number of aromatic nitrogens is 2. The number of nitrogens with one attached hydrogen (secondary N) is 3. The largest absolute Gasteiger partial charge is 0.573 e. The molecular formula is C21H18F3N5O. The predicted octanol–water partition coefficient (Wildman–Crippen LogP) is 4.90. The van der Waals surface area contributed by atoms with Crippen LogP contribution in [0.2, 0.25) is 0 Å². The van der Waals surface area contributed by atoms with Crippen molar-refractivity contribution in [2.45, 2.75) is 12.9 Å². The molecule has 0 unspecified atom stereocenters. The molecule has 6 nitrogen and oxygen atoms in total. The molecule has 9 heteroatoms. The molecule has 0 amide bonds. The van der Waals surface area contributed by atoms with E-state index >= 15 is 0 Å². The average molecular weight is 413 g/mol. The molecule has 0 aliphatic heterocycles. The molecule has 0 atom stereocenters. The number of ether oxygens (including phenoxy) is 1. The normalized spacial score (nSPS) is 11.6. The van der Waals surface area contributed by atoms with E-state index in [1.54, 1.807) is 12.3 Å². The van der Waals surface area contributed by atoms with Gasteiger partial charge in [0, 0.05) is 36.3 Å². The summed E-state index contributed by atoms with van der Waals surface area (Å²) in [5, 5.41) is 13.8. The molecule has 0 aliphatic rings. The summed E-state index contributed by atoms with van der Waals surface area (Å²) in [5.41, 5.74) is 2.68. The van der Waals surface area contributed by atoms with E-state index in [9.17, 15) is 13.2 Å². The van der Waals surface area contributed by atoms with Crippen molar-refractivity contribution < 1.29 is 17.9 Å². The lowest BCUT2D eigenvalue weighted by Crippen LogP contribution is -2.16. The Morgan fingerprint density at radius 1 is 1.03 bits per heavy atom. The van der Waals surface area contributed by atoms with E-state index in [4.69, 9.17) is 5.41 Å². The van der Waals surface area contributed by atoms with Crippen molar-refractivity contribution in [3.63, 3.8) is 0 Å². The monoisotopic (exact) mass is 413 g/mol. The van der Waals surface area contributed by atoms with Crippen LogP contribution in [0.25, 0.3) is 5.57 Å². The number of hydrogen-bond acceptors (Lipinski definition) is 6. The van der Waals surface area contributed by atoms with E-state index in [1.165, 1.54) is 36.8 Å². The lowest BCUT2D eigenvalue weighted by atomic mass is 10.2. The van der Waals surface area contributed by atoms with Gasteiger partial charge in [-0.3, -0.25) is 0 Å². The minimum absolute atomic E-state index is 0.310. The minimum Gasteiger partial charge on any atom is -0.406 e. The molecule has 0 fully saturated rings. The van der Waals surface area contributed by atoms with Crippen molar-refractivity contribution >= 4 is 23.3 Å². The van der Waals surface area contributed by atoms with Crippen LogP contribution in [0.3, 0.4) is 0 Å². The van der Waals surface area contributed by atoms with Gasteiger partial charge in [0.15, 0.2) is 0 Å². The van der Waals surface area contributed by atoms with Crippen LogP contribution < -0.4 is 15.4 Å². The third kappa shape index (κ3) is 6.33. The minimum atomic E-state index is -4.74. The molecule has 0 bridgehead atoms. The highest BCUT2D eigenvalue weighted by molar-refractivity contribution is 6.07. The molecule has 0 saturated carbocycles. The summed E-state index contributed by atoms with van der Waals surface area (Å²) in [5.74, 6) is 0.121. The number of halogens is 3. The zero-order valence-electron chi connectivity index (χ0n) is 15.6. The number of rotatable bonds is 8. The maximum absolute atomic E-state index is 12.2. The van der Waals surface area contributed by atoms with Gasteiger partial charge in [-0.05, 0) is 29.8 Å². The van der Waals surface area contributed by atoms with Crippen molar-refractivity contribution in [1.29, 1.82) is 5.41 Å². The molecule has 3 aromatic rings. The van der Waals surface area contributed by atoms with Crippen molar-refractivity contribution in [3.8, 4) is 5.75 Å². The molecule has 1 heterocycles. The summed E-state index contributed by atoms with van der Waals surface area (Å²) < 4.78 is 40.6. The molecule has 1 aromatic heterocycles. The van der Waals surface area contributed by atoms with Gasteiger partial charge in [0.1, 0.15) is 17.9 Å². The number of hydrogen-bond donors (Lipinski definition) is 3. The van der Waals surface area contributed by atoms with E-state index < -0.39 is 6.36 Å². The van der Waals surface area contributed by atoms with E-state index in [0.29, 0.717) is 29.3 Å². The summed E-state index contributed by atoms with van der Waals surface area (Å²) in [6.45, 7) is 0.598. The van der Waals surface area contributed by atoms with Crippen LogP contribution in [0.1, 0.15) is 11.3 Å². The van der Waals surface area contributed by atoms with Gasteiger partial charge in [-0.2, -0.15) is 0 Å².